The second-order valence-corrected chi connectivity index (χ2v) is 14.1. The molecule has 5 heteroatoms. The minimum Gasteiger partial charge on any atom is -0.0958 e. The van der Waals surface area contributed by atoms with E-state index >= 15 is 0 Å². The van der Waals surface area contributed by atoms with Crippen molar-refractivity contribution in [3.8, 4) is 0 Å². The van der Waals surface area contributed by atoms with Crippen LogP contribution in [-0.4, -0.2) is 10.2 Å². The van der Waals surface area contributed by atoms with Gasteiger partial charge >= 0.3 is 16.5 Å². The summed E-state index contributed by atoms with van der Waals surface area (Å²) in [6, 6.07) is 42.4. The Labute approximate surface area is 213 Å². The Hall–Kier alpha value is -1.19. The Balaban J connectivity index is 0.00000289. The van der Waals surface area contributed by atoms with Gasteiger partial charge in [-0.2, -0.15) is 0 Å². The van der Waals surface area contributed by atoms with E-state index in [1.165, 1.54) is 21.2 Å². The Bertz CT molecular complexity index is 983. The first-order chi connectivity index (χ1) is 15.1. The maximum atomic E-state index is 7.19. The fraction of sp³-hybridized carbons (Fsp3) is 0.111. The first-order valence-electron chi connectivity index (χ1n) is 10.3. The molecule has 0 saturated carbocycles. The maximum Gasteiger partial charge on any atom is 2.00 e. The van der Waals surface area contributed by atoms with E-state index in [1.807, 2.05) is 12.1 Å². The van der Waals surface area contributed by atoms with Crippen LogP contribution in [0, 0.1) is 0 Å². The zero-order valence-electron chi connectivity index (χ0n) is 17.4. The van der Waals surface area contributed by atoms with Gasteiger partial charge in [0, 0.05) is 0 Å². The second kappa shape index (κ2) is 12.3. The summed E-state index contributed by atoms with van der Waals surface area (Å²) in [6.45, 7) is 0. The minimum absolute atomic E-state index is 0. The molecule has 0 aromatic heterocycles. The monoisotopic (exact) mass is 538 g/mol. The van der Waals surface area contributed by atoms with E-state index in [-0.39, 0.29) is 16.5 Å². The van der Waals surface area contributed by atoms with Gasteiger partial charge in [0.2, 0.25) is 0 Å². The Kier molecular flexibility index (Phi) is 9.80. The van der Waals surface area contributed by atoms with Crippen LogP contribution in [0.4, 0.5) is 0 Å². The molecule has 0 heterocycles. The van der Waals surface area contributed by atoms with Crippen molar-refractivity contribution in [3.63, 3.8) is 0 Å². The van der Waals surface area contributed by atoms with Gasteiger partial charge in [-0.3, -0.25) is 0 Å². The van der Waals surface area contributed by atoms with E-state index in [1.54, 1.807) is 0 Å². The molecule has 0 nitrogen and oxygen atoms in total. The van der Waals surface area contributed by atoms with Crippen molar-refractivity contribution in [1.82, 2.24) is 0 Å². The SMILES string of the molecule is ClC(Cl)(CCP(c1ccccc1)c1ccccc1)P(c1ccccc1)c1ccccc1.[Ni+2]. The molecule has 4 aromatic rings. The van der Waals surface area contributed by atoms with E-state index in [0.29, 0.717) is 0 Å². The minimum atomic E-state index is -0.921. The molecule has 0 amide bonds. The van der Waals surface area contributed by atoms with Crippen LogP contribution in [0.15, 0.2) is 121 Å². The molecule has 0 aliphatic heterocycles. The number of alkyl halides is 2. The van der Waals surface area contributed by atoms with Crippen molar-refractivity contribution in [3.05, 3.63) is 121 Å². The summed E-state index contributed by atoms with van der Waals surface area (Å²) in [5, 5.41) is 5.13. The third-order valence-electron chi connectivity index (χ3n) is 5.13. The molecular formula is C27H24Cl2NiP2+2. The van der Waals surface area contributed by atoms with Crippen LogP contribution < -0.4 is 21.2 Å². The summed E-state index contributed by atoms with van der Waals surface area (Å²) in [5.41, 5.74) is 0. The van der Waals surface area contributed by atoms with Crippen LogP contribution in [0.25, 0.3) is 0 Å². The van der Waals surface area contributed by atoms with Crippen LogP contribution in [0.3, 0.4) is 0 Å². The Morgan fingerprint density at radius 1 is 0.500 bits per heavy atom. The van der Waals surface area contributed by atoms with Gasteiger partial charge in [-0.05, 0) is 49.6 Å². The number of rotatable bonds is 8. The molecule has 0 unspecified atom stereocenters. The zero-order valence-corrected chi connectivity index (χ0v) is 21.7. The molecule has 4 aromatic carbocycles. The van der Waals surface area contributed by atoms with Gasteiger partial charge in [0.1, 0.15) is 4.07 Å². The third-order valence-corrected chi connectivity index (χ3v) is 11.5. The number of hydrogen-bond donors (Lipinski definition) is 0. The molecule has 0 fully saturated rings. The van der Waals surface area contributed by atoms with Gasteiger partial charge < -0.3 is 0 Å². The summed E-state index contributed by atoms with van der Waals surface area (Å²) in [7, 11) is -1.46. The first kappa shape index (κ1) is 25.4. The fourth-order valence-corrected chi connectivity index (χ4v) is 10.2. The normalized spacial score (nSPS) is 11.4. The van der Waals surface area contributed by atoms with Gasteiger partial charge in [0.05, 0.1) is 0 Å². The molecule has 0 aliphatic rings. The molecule has 4 rings (SSSR count). The number of benzene rings is 4. The molecular weight excluding hydrogens is 516 g/mol. The van der Waals surface area contributed by atoms with E-state index in [0.717, 1.165) is 12.6 Å². The molecule has 164 valence electrons. The quantitative estimate of drug-likeness (QED) is 0.132. The van der Waals surface area contributed by atoms with Crippen molar-refractivity contribution in [2.45, 2.75) is 10.5 Å². The van der Waals surface area contributed by atoms with Crippen molar-refractivity contribution < 1.29 is 16.5 Å². The third kappa shape index (κ3) is 6.44. The largest absolute Gasteiger partial charge is 2.00 e. The smallest absolute Gasteiger partial charge is 0.0958 e. The van der Waals surface area contributed by atoms with Gasteiger partial charge in [0.15, 0.2) is 0 Å². The predicted octanol–water partition coefficient (Wildman–Crippen LogP) is 6.77. The molecule has 0 saturated heterocycles. The topological polar surface area (TPSA) is 0 Å². The molecule has 0 spiro atoms. The standard InChI is InChI=1S/C27H24Cl2P2.Ni/c28-27(29,31(25-17-9-3-10-18-25)26-19-11-4-12-20-26)21-22-30(23-13-5-1-6-14-23)24-15-7-2-8-16-24;/h1-20H,21-22H2;/q;+2. The van der Waals surface area contributed by atoms with E-state index in [9.17, 15) is 0 Å². The summed E-state index contributed by atoms with van der Waals surface area (Å²) in [5.74, 6) is 0. The van der Waals surface area contributed by atoms with Gasteiger partial charge in [-0.25, -0.2) is 0 Å². The molecule has 0 N–H and O–H groups in total. The molecule has 0 bridgehead atoms. The van der Waals surface area contributed by atoms with Crippen LogP contribution >= 0.6 is 39.0 Å². The van der Waals surface area contributed by atoms with Crippen LogP contribution in [-0.2, 0) is 16.5 Å². The van der Waals surface area contributed by atoms with Crippen LogP contribution in [0.5, 0.6) is 0 Å². The molecule has 0 atom stereocenters. The average molecular weight is 540 g/mol. The van der Waals surface area contributed by atoms with E-state index < -0.39 is 19.9 Å². The van der Waals surface area contributed by atoms with Gasteiger partial charge in [0.25, 0.3) is 0 Å². The van der Waals surface area contributed by atoms with Gasteiger partial charge in [-0.1, -0.05) is 145 Å². The number of halogens is 2. The van der Waals surface area contributed by atoms with Gasteiger partial charge in [-0.15, -0.1) is 0 Å². The summed E-state index contributed by atoms with van der Waals surface area (Å²) in [6.07, 6.45) is 1.66. The van der Waals surface area contributed by atoms with E-state index in [4.69, 9.17) is 23.2 Å². The molecule has 0 aliphatic carbocycles. The van der Waals surface area contributed by atoms with Crippen molar-refractivity contribution in [1.29, 1.82) is 0 Å². The second-order valence-electron chi connectivity index (χ2n) is 7.25. The summed E-state index contributed by atoms with van der Waals surface area (Å²) in [4.78, 5) is 0. The summed E-state index contributed by atoms with van der Waals surface area (Å²) < 4.78 is -0.859. The molecule has 32 heavy (non-hydrogen) atoms. The van der Waals surface area contributed by atoms with Crippen molar-refractivity contribution in [2.75, 3.05) is 6.16 Å². The van der Waals surface area contributed by atoms with Crippen molar-refractivity contribution in [2.24, 2.45) is 0 Å². The Morgan fingerprint density at radius 2 is 0.812 bits per heavy atom. The number of hydrogen-bond acceptors (Lipinski definition) is 0. The van der Waals surface area contributed by atoms with Crippen LogP contribution in [0.2, 0.25) is 0 Å². The fourth-order valence-electron chi connectivity index (χ4n) is 3.66. The van der Waals surface area contributed by atoms with E-state index in [2.05, 4.69) is 109 Å². The van der Waals surface area contributed by atoms with Crippen molar-refractivity contribution >= 4 is 60.3 Å². The Morgan fingerprint density at radius 3 is 1.16 bits per heavy atom. The maximum absolute atomic E-state index is 7.19. The predicted molar refractivity (Wildman–Crippen MR) is 142 cm³/mol. The zero-order chi connectivity index (χ0) is 21.5. The first-order valence-corrected chi connectivity index (χ1v) is 13.9. The van der Waals surface area contributed by atoms with Crippen LogP contribution in [0.1, 0.15) is 6.42 Å². The average Bonchev–Trinajstić information content (AvgIpc) is 2.82. The summed E-state index contributed by atoms with van der Waals surface area (Å²) >= 11 is 14.4. The molecule has 0 radical (unpaired) electrons.